The first-order valence-corrected chi connectivity index (χ1v) is 8.47. The molecule has 2 rings (SSSR count). The minimum absolute atomic E-state index is 0.910. The molecule has 0 bridgehead atoms. The van der Waals surface area contributed by atoms with Crippen molar-refractivity contribution in [2.24, 2.45) is 0 Å². The van der Waals surface area contributed by atoms with Crippen LogP contribution < -0.4 is 0 Å². The first-order chi connectivity index (χ1) is 10.6. The third kappa shape index (κ3) is 10.5. The highest BCUT2D eigenvalue weighted by molar-refractivity contribution is 4.63. The molecule has 6 heteroatoms. The zero-order valence-electron chi connectivity index (χ0n) is 15.1. The predicted molar refractivity (Wildman–Crippen MR) is 91.6 cm³/mol. The molecule has 2 heterocycles. The molecular weight excluding hydrogens is 280 g/mol. The highest BCUT2D eigenvalue weighted by atomic mass is 16.5. The van der Waals surface area contributed by atoms with Gasteiger partial charge in [-0.05, 0) is 28.2 Å². The fourth-order valence-electron chi connectivity index (χ4n) is 2.33. The minimum Gasteiger partial charge on any atom is -0.379 e. The van der Waals surface area contributed by atoms with E-state index in [0.717, 1.165) is 65.7 Å². The first-order valence-electron chi connectivity index (χ1n) is 8.47. The molecule has 0 spiro atoms. The van der Waals surface area contributed by atoms with Crippen molar-refractivity contribution >= 4 is 0 Å². The SMILES string of the molecule is CN(C)CCN1CCOCC1.CN(C)CCN1CCOCC1. The summed E-state index contributed by atoms with van der Waals surface area (Å²) >= 11 is 0. The number of likely N-dealkylation sites (N-methyl/N-ethyl adjacent to an activating group) is 2. The Balaban J connectivity index is 0.000000220. The molecule has 0 amide bonds. The standard InChI is InChI=1S/2C8H18N2O/c2*1-9(2)3-4-10-5-7-11-8-6-10/h2*3-8H2,1-2H3. The van der Waals surface area contributed by atoms with Crippen molar-refractivity contribution in [2.45, 2.75) is 0 Å². The van der Waals surface area contributed by atoms with Crippen molar-refractivity contribution in [3.05, 3.63) is 0 Å². The Hall–Kier alpha value is -0.240. The summed E-state index contributed by atoms with van der Waals surface area (Å²) in [7, 11) is 8.45. The molecule has 0 unspecified atom stereocenters. The maximum atomic E-state index is 5.25. The number of hydrogen-bond donors (Lipinski definition) is 0. The molecule has 0 aliphatic carbocycles. The van der Waals surface area contributed by atoms with Crippen LogP contribution in [0, 0.1) is 0 Å². The fraction of sp³-hybridized carbons (Fsp3) is 1.00. The van der Waals surface area contributed by atoms with Crippen LogP contribution in [0.25, 0.3) is 0 Å². The number of morpholine rings is 2. The molecule has 6 nitrogen and oxygen atoms in total. The molecule has 2 saturated heterocycles. The molecule has 2 aliphatic heterocycles. The van der Waals surface area contributed by atoms with Gasteiger partial charge < -0.3 is 19.3 Å². The van der Waals surface area contributed by atoms with E-state index < -0.39 is 0 Å². The molecule has 22 heavy (non-hydrogen) atoms. The number of rotatable bonds is 6. The third-order valence-corrected chi connectivity index (χ3v) is 3.93. The zero-order chi connectivity index (χ0) is 16.2. The lowest BCUT2D eigenvalue weighted by Gasteiger charge is -2.27. The van der Waals surface area contributed by atoms with Crippen LogP contribution in [-0.4, -0.2) is 127 Å². The molecule has 0 aromatic rings. The van der Waals surface area contributed by atoms with Gasteiger partial charge in [0.15, 0.2) is 0 Å². The van der Waals surface area contributed by atoms with E-state index in [9.17, 15) is 0 Å². The molecule has 2 aliphatic rings. The van der Waals surface area contributed by atoms with Crippen LogP contribution in [0.1, 0.15) is 0 Å². The van der Waals surface area contributed by atoms with Crippen LogP contribution in [0.2, 0.25) is 0 Å². The molecule has 0 aromatic heterocycles. The lowest BCUT2D eigenvalue weighted by molar-refractivity contribution is 0.0353. The number of hydrogen-bond acceptors (Lipinski definition) is 6. The van der Waals surface area contributed by atoms with E-state index >= 15 is 0 Å². The summed E-state index contributed by atoms with van der Waals surface area (Å²) < 4.78 is 10.5. The van der Waals surface area contributed by atoms with E-state index in [1.807, 2.05) is 0 Å². The predicted octanol–water partition coefficient (Wildman–Crippen LogP) is -0.240. The van der Waals surface area contributed by atoms with Crippen molar-refractivity contribution < 1.29 is 9.47 Å². The smallest absolute Gasteiger partial charge is 0.0594 e. The van der Waals surface area contributed by atoms with Gasteiger partial charge in [0.1, 0.15) is 0 Å². The molecule has 0 saturated carbocycles. The van der Waals surface area contributed by atoms with Crippen molar-refractivity contribution in [1.82, 2.24) is 19.6 Å². The van der Waals surface area contributed by atoms with Gasteiger partial charge >= 0.3 is 0 Å². The van der Waals surface area contributed by atoms with Crippen LogP contribution in [0.4, 0.5) is 0 Å². The van der Waals surface area contributed by atoms with Gasteiger partial charge in [0, 0.05) is 52.4 Å². The highest BCUT2D eigenvalue weighted by Gasteiger charge is 2.09. The van der Waals surface area contributed by atoms with Crippen LogP contribution in [0.3, 0.4) is 0 Å². The van der Waals surface area contributed by atoms with Gasteiger partial charge in [-0.15, -0.1) is 0 Å². The van der Waals surface area contributed by atoms with Crippen molar-refractivity contribution in [3.8, 4) is 0 Å². The largest absolute Gasteiger partial charge is 0.379 e. The van der Waals surface area contributed by atoms with Crippen molar-refractivity contribution in [3.63, 3.8) is 0 Å². The Bertz CT molecular complexity index is 227. The van der Waals surface area contributed by atoms with E-state index in [-0.39, 0.29) is 0 Å². The summed E-state index contributed by atoms with van der Waals surface area (Å²) in [6.07, 6.45) is 0. The molecule has 0 atom stereocenters. The summed E-state index contributed by atoms with van der Waals surface area (Å²) in [4.78, 5) is 9.33. The summed E-state index contributed by atoms with van der Waals surface area (Å²) in [6.45, 7) is 12.7. The van der Waals surface area contributed by atoms with Gasteiger partial charge in [0.25, 0.3) is 0 Å². The number of nitrogens with zero attached hydrogens (tertiary/aromatic N) is 4. The van der Waals surface area contributed by atoms with E-state index in [2.05, 4.69) is 47.8 Å². The lowest BCUT2D eigenvalue weighted by Crippen LogP contribution is -2.40. The van der Waals surface area contributed by atoms with E-state index in [1.165, 1.54) is 13.1 Å². The molecule has 132 valence electrons. The maximum Gasteiger partial charge on any atom is 0.0594 e. The summed E-state index contributed by atoms with van der Waals surface area (Å²) in [5, 5.41) is 0. The molecular formula is C16H36N4O2. The van der Waals surface area contributed by atoms with Crippen LogP contribution in [0.5, 0.6) is 0 Å². The van der Waals surface area contributed by atoms with Gasteiger partial charge in [-0.3, -0.25) is 9.80 Å². The maximum absolute atomic E-state index is 5.25. The van der Waals surface area contributed by atoms with Crippen molar-refractivity contribution in [2.75, 3.05) is 107 Å². The highest BCUT2D eigenvalue weighted by Crippen LogP contribution is 1.96. The second-order valence-corrected chi connectivity index (χ2v) is 6.51. The van der Waals surface area contributed by atoms with Crippen molar-refractivity contribution in [1.29, 1.82) is 0 Å². The molecule has 0 aromatic carbocycles. The Kier molecular flexibility index (Phi) is 11.0. The second-order valence-electron chi connectivity index (χ2n) is 6.51. The average Bonchev–Trinajstić information content (AvgIpc) is 2.53. The monoisotopic (exact) mass is 316 g/mol. The van der Waals surface area contributed by atoms with E-state index in [1.54, 1.807) is 0 Å². The van der Waals surface area contributed by atoms with E-state index in [0.29, 0.717) is 0 Å². The zero-order valence-corrected chi connectivity index (χ0v) is 15.1. The minimum atomic E-state index is 0.910. The van der Waals surface area contributed by atoms with Gasteiger partial charge in [-0.2, -0.15) is 0 Å². The third-order valence-electron chi connectivity index (χ3n) is 3.93. The summed E-state index contributed by atoms with van der Waals surface area (Å²) in [6, 6.07) is 0. The number of ether oxygens (including phenoxy) is 2. The Morgan fingerprint density at radius 3 is 1.23 bits per heavy atom. The molecule has 0 radical (unpaired) electrons. The van der Waals surface area contributed by atoms with Gasteiger partial charge in [-0.1, -0.05) is 0 Å². The summed E-state index contributed by atoms with van der Waals surface area (Å²) in [5.41, 5.74) is 0. The van der Waals surface area contributed by atoms with Crippen LogP contribution in [-0.2, 0) is 9.47 Å². The first kappa shape index (κ1) is 19.8. The average molecular weight is 316 g/mol. The topological polar surface area (TPSA) is 31.4 Å². The Labute approximate surface area is 136 Å². The second kappa shape index (κ2) is 12.2. The quantitative estimate of drug-likeness (QED) is 0.672. The lowest BCUT2D eigenvalue weighted by atomic mass is 10.4. The van der Waals surface area contributed by atoms with Gasteiger partial charge in [-0.25, -0.2) is 0 Å². The van der Waals surface area contributed by atoms with Gasteiger partial charge in [0.05, 0.1) is 26.4 Å². The Morgan fingerprint density at radius 1 is 0.636 bits per heavy atom. The fourth-order valence-corrected chi connectivity index (χ4v) is 2.33. The van der Waals surface area contributed by atoms with Crippen LogP contribution >= 0.6 is 0 Å². The summed E-state index contributed by atoms with van der Waals surface area (Å²) in [5.74, 6) is 0. The van der Waals surface area contributed by atoms with Crippen LogP contribution in [0.15, 0.2) is 0 Å². The molecule has 2 fully saturated rings. The molecule has 0 N–H and O–H groups in total. The Morgan fingerprint density at radius 2 is 0.955 bits per heavy atom. The van der Waals surface area contributed by atoms with Gasteiger partial charge in [0.2, 0.25) is 0 Å². The van der Waals surface area contributed by atoms with E-state index in [4.69, 9.17) is 9.47 Å². The normalized spacial score (nSPS) is 21.0.